The Bertz CT molecular complexity index is 524. The number of carbonyl (C=O) groups excluding carboxylic acids is 1. The molecule has 94 valence electrons. The quantitative estimate of drug-likeness (QED) is 0.817. The molecule has 1 aromatic heterocycles. The molecular formula is C12H14N4O2. The molecule has 0 unspecified atom stereocenters. The highest BCUT2D eigenvalue weighted by molar-refractivity contribution is 5.92. The normalized spacial score (nSPS) is 12.1. The van der Waals surface area contributed by atoms with E-state index in [1.807, 2.05) is 30.3 Å². The SMILES string of the molecule is C[C@@H](CO)NC(=O)c1cnn(-c2ccccc2)n1. The molecule has 1 heterocycles. The largest absolute Gasteiger partial charge is 0.394 e. The van der Waals surface area contributed by atoms with Gasteiger partial charge in [-0.3, -0.25) is 4.79 Å². The molecule has 1 aromatic carbocycles. The molecule has 0 aliphatic rings. The van der Waals surface area contributed by atoms with Gasteiger partial charge in [-0.25, -0.2) is 0 Å². The van der Waals surface area contributed by atoms with Crippen LogP contribution in [0.1, 0.15) is 17.4 Å². The Morgan fingerprint density at radius 3 is 2.83 bits per heavy atom. The fourth-order valence-corrected chi connectivity index (χ4v) is 1.40. The van der Waals surface area contributed by atoms with Crippen LogP contribution in [0.2, 0.25) is 0 Å². The molecule has 0 bridgehead atoms. The van der Waals surface area contributed by atoms with Gasteiger partial charge in [0.25, 0.3) is 5.91 Å². The van der Waals surface area contributed by atoms with Gasteiger partial charge in [-0.1, -0.05) is 18.2 Å². The summed E-state index contributed by atoms with van der Waals surface area (Å²) in [6.45, 7) is 1.60. The molecule has 0 fully saturated rings. The Morgan fingerprint density at radius 1 is 1.44 bits per heavy atom. The first-order chi connectivity index (χ1) is 8.70. The monoisotopic (exact) mass is 246 g/mol. The molecule has 6 heteroatoms. The number of nitrogens with one attached hydrogen (secondary N) is 1. The summed E-state index contributed by atoms with van der Waals surface area (Å²) in [6, 6.07) is 9.01. The van der Waals surface area contributed by atoms with E-state index in [0.29, 0.717) is 0 Å². The van der Waals surface area contributed by atoms with Gasteiger partial charge in [0.1, 0.15) is 0 Å². The van der Waals surface area contributed by atoms with Gasteiger partial charge in [0.05, 0.1) is 18.5 Å². The van der Waals surface area contributed by atoms with Crippen LogP contribution in [0.5, 0.6) is 0 Å². The molecular weight excluding hydrogens is 232 g/mol. The van der Waals surface area contributed by atoms with E-state index in [9.17, 15) is 4.79 Å². The zero-order valence-corrected chi connectivity index (χ0v) is 9.95. The standard InChI is InChI=1S/C12H14N4O2/c1-9(8-17)14-12(18)11-7-13-16(15-11)10-5-3-2-4-6-10/h2-7,9,17H,8H2,1H3,(H,14,18)/t9-/m0/s1. The topological polar surface area (TPSA) is 80.0 Å². The van der Waals surface area contributed by atoms with Gasteiger partial charge >= 0.3 is 0 Å². The van der Waals surface area contributed by atoms with Gasteiger partial charge in [0.2, 0.25) is 0 Å². The zero-order valence-electron chi connectivity index (χ0n) is 9.95. The van der Waals surface area contributed by atoms with Crippen LogP contribution < -0.4 is 5.32 Å². The van der Waals surface area contributed by atoms with Gasteiger partial charge < -0.3 is 10.4 Å². The predicted octanol–water partition coefficient (Wildman–Crippen LogP) is 0.378. The summed E-state index contributed by atoms with van der Waals surface area (Å²) in [4.78, 5) is 13.1. The highest BCUT2D eigenvalue weighted by Crippen LogP contribution is 2.04. The van der Waals surface area contributed by atoms with Gasteiger partial charge in [0, 0.05) is 6.04 Å². The fourth-order valence-electron chi connectivity index (χ4n) is 1.40. The minimum atomic E-state index is -0.348. The third-order valence-electron chi connectivity index (χ3n) is 2.36. The summed E-state index contributed by atoms with van der Waals surface area (Å²) >= 11 is 0. The number of aliphatic hydroxyl groups is 1. The first kappa shape index (κ1) is 12.3. The Labute approximate surface area is 104 Å². The van der Waals surface area contributed by atoms with E-state index in [4.69, 9.17) is 5.11 Å². The van der Waals surface area contributed by atoms with Crippen LogP contribution in [0.3, 0.4) is 0 Å². The van der Waals surface area contributed by atoms with E-state index in [1.54, 1.807) is 6.92 Å². The van der Waals surface area contributed by atoms with Crippen molar-refractivity contribution >= 4 is 5.91 Å². The molecule has 18 heavy (non-hydrogen) atoms. The fraction of sp³-hybridized carbons (Fsp3) is 0.250. The Morgan fingerprint density at radius 2 is 2.17 bits per heavy atom. The predicted molar refractivity (Wildman–Crippen MR) is 65.4 cm³/mol. The molecule has 0 spiro atoms. The third-order valence-corrected chi connectivity index (χ3v) is 2.36. The molecule has 0 radical (unpaired) electrons. The second-order valence-electron chi connectivity index (χ2n) is 3.91. The second-order valence-corrected chi connectivity index (χ2v) is 3.91. The lowest BCUT2D eigenvalue weighted by molar-refractivity contribution is 0.0917. The van der Waals surface area contributed by atoms with E-state index < -0.39 is 0 Å². The van der Waals surface area contributed by atoms with Crippen molar-refractivity contribution in [3.05, 3.63) is 42.2 Å². The molecule has 2 N–H and O–H groups in total. The van der Waals surface area contributed by atoms with Gasteiger partial charge in [0.15, 0.2) is 5.69 Å². The van der Waals surface area contributed by atoms with Crippen LogP contribution >= 0.6 is 0 Å². The number of hydrogen-bond donors (Lipinski definition) is 2. The van der Waals surface area contributed by atoms with Crippen LogP contribution in [0, 0.1) is 0 Å². The molecule has 6 nitrogen and oxygen atoms in total. The number of carbonyl (C=O) groups is 1. The van der Waals surface area contributed by atoms with E-state index in [2.05, 4.69) is 15.5 Å². The van der Waals surface area contributed by atoms with Crippen molar-refractivity contribution in [2.24, 2.45) is 0 Å². The van der Waals surface area contributed by atoms with Crippen LogP contribution in [-0.2, 0) is 0 Å². The highest BCUT2D eigenvalue weighted by atomic mass is 16.3. The van der Waals surface area contributed by atoms with Crippen molar-refractivity contribution in [1.29, 1.82) is 0 Å². The molecule has 2 aromatic rings. The summed E-state index contributed by atoms with van der Waals surface area (Å²) in [7, 11) is 0. The first-order valence-corrected chi connectivity index (χ1v) is 5.60. The summed E-state index contributed by atoms with van der Waals surface area (Å²) in [6.07, 6.45) is 1.40. The maximum absolute atomic E-state index is 11.7. The molecule has 1 atom stereocenters. The summed E-state index contributed by atoms with van der Waals surface area (Å²) in [5.74, 6) is -0.348. The third kappa shape index (κ3) is 2.72. The van der Waals surface area contributed by atoms with Crippen molar-refractivity contribution < 1.29 is 9.90 Å². The Kier molecular flexibility index (Phi) is 3.69. The number of nitrogens with zero attached hydrogens (tertiary/aromatic N) is 3. The average Bonchev–Trinajstić information content (AvgIpc) is 2.89. The Balaban J connectivity index is 2.13. The van der Waals surface area contributed by atoms with E-state index in [-0.39, 0.29) is 24.2 Å². The lowest BCUT2D eigenvalue weighted by atomic mass is 10.3. The number of rotatable bonds is 4. The molecule has 0 aliphatic carbocycles. The molecule has 2 rings (SSSR count). The number of hydrogen-bond acceptors (Lipinski definition) is 4. The summed E-state index contributed by atoms with van der Waals surface area (Å²) in [5.41, 5.74) is 1.01. The van der Waals surface area contributed by atoms with Crippen LogP contribution in [0.4, 0.5) is 0 Å². The summed E-state index contributed by atoms with van der Waals surface area (Å²) < 4.78 is 0. The minimum absolute atomic E-state index is 0.113. The van der Waals surface area contributed by atoms with Crippen LogP contribution in [0.25, 0.3) is 5.69 Å². The van der Waals surface area contributed by atoms with Gasteiger partial charge in [-0.15, -0.1) is 5.10 Å². The number of para-hydroxylation sites is 1. The number of amides is 1. The summed E-state index contributed by atoms with van der Waals surface area (Å²) in [5, 5.41) is 19.6. The van der Waals surface area contributed by atoms with Gasteiger partial charge in [-0.2, -0.15) is 9.90 Å². The lowest BCUT2D eigenvalue weighted by Gasteiger charge is -2.08. The number of aromatic nitrogens is 3. The van der Waals surface area contributed by atoms with Crippen molar-refractivity contribution in [2.75, 3.05) is 6.61 Å². The average molecular weight is 246 g/mol. The molecule has 0 saturated heterocycles. The van der Waals surface area contributed by atoms with E-state index >= 15 is 0 Å². The van der Waals surface area contributed by atoms with Crippen molar-refractivity contribution in [1.82, 2.24) is 20.3 Å². The molecule has 0 aliphatic heterocycles. The maximum Gasteiger partial charge on any atom is 0.273 e. The second kappa shape index (κ2) is 5.42. The first-order valence-electron chi connectivity index (χ1n) is 5.60. The van der Waals surface area contributed by atoms with E-state index in [1.165, 1.54) is 11.0 Å². The lowest BCUT2D eigenvalue weighted by Crippen LogP contribution is -2.35. The zero-order chi connectivity index (χ0) is 13.0. The molecule has 1 amide bonds. The van der Waals surface area contributed by atoms with Crippen molar-refractivity contribution in [3.8, 4) is 5.69 Å². The van der Waals surface area contributed by atoms with Gasteiger partial charge in [-0.05, 0) is 19.1 Å². The maximum atomic E-state index is 11.7. The smallest absolute Gasteiger partial charge is 0.273 e. The number of benzene rings is 1. The van der Waals surface area contributed by atoms with Crippen LogP contribution in [0.15, 0.2) is 36.5 Å². The van der Waals surface area contributed by atoms with Crippen molar-refractivity contribution in [2.45, 2.75) is 13.0 Å². The highest BCUT2D eigenvalue weighted by Gasteiger charge is 2.13. The number of aliphatic hydroxyl groups excluding tert-OH is 1. The Hall–Kier alpha value is -2.21. The van der Waals surface area contributed by atoms with Crippen LogP contribution in [-0.4, -0.2) is 38.7 Å². The minimum Gasteiger partial charge on any atom is -0.394 e. The van der Waals surface area contributed by atoms with E-state index in [0.717, 1.165) is 5.69 Å². The van der Waals surface area contributed by atoms with Crippen molar-refractivity contribution in [3.63, 3.8) is 0 Å². The molecule has 0 saturated carbocycles.